The van der Waals surface area contributed by atoms with Crippen LogP contribution in [0.1, 0.15) is 48.1 Å². The zero-order chi connectivity index (χ0) is 22.9. The van der Waals surface area contributed by atoms with Crippen molar-refractivity contribution in [3.05, 3.63) is 59.1 Å². The second-order valence-corrected chi connectivity index (χ2v) is 8.04. The molecule has 7 nitrogen and oxygen atoms in total. The summed E-state index contributed by atoms with van der Waals surface area (Å²) in [5.41, 5.74) is 1.78. The molecule has 1 N–H and O–H groups in total. The summed E-state index contributed by atoms with van der Waals surface area (Å²) in [6.07, 6.45) is 1.17. The quantitative estimate of drug-likeness (QED) is 0.571. The first-order valence-electron chi connectivity index (χ1n) is 10.4. The van der Waals surface area contributed by atoms with Gasteiger partial charge in [-0.2, -0.15) is 13.2 Å². The van der Waals surface area contributed by atoms with Crippen LogP contribution >= 0.6 is 12.4 Å². The van der Waals surface area contributed by atoms with Crippen molar-refractivity contribution in [3.8, 4) is 0 Å². The lowest BCUT2D eigenvalue weighted by molar-refractivity contribution is -0.137. The number of nitrogens with one attached hydrogen (secondary N) is 1. The zero-order valence-corrected chi connectivity index (χ0v) is 19.3. The lowest BCUT2D eigenvalue weighted by Crippen LogP contribution is -2.29. The van der Waals surface area contributed by atoms with Crippen LogP contribution in [0.4, 0.5) is 30.6 Å². The fraction of sp³-hybridized carbons (Fsp3) is 0.409. The maximum atomic E-state index is 13.5. The second-order valence-electron chi connectivity index (χ2n) is 8.04. The summed E-state index contributed by atoms with van der Waals surface area (Å²) >= 11 is 0. The molecule has 0 aliphatic carbocycles. The lowest BCUT2D eigenvalue weighted by atomic mass is 10.1. The number of nitrogens with zero attached hydrogens (tertiary/aromatic N) is 6. The Labute approximate surface area is 196 Å². The third-order valence-corrected chi connectivity index (χ3v) is 5.30. The van der Waals surface area contributed by atoms with Crippen LogP contribution in [0.5, 0.6) is 0 Å². The molecule has 0 atom stereocenters. The number of rotatable bonds is 4. The highest BCUT2D eigenvalue weighted by molar-refractivity contribution is 5.85. The molecule has 0 spiro atoms. The maximum absolute atomic E-state index is 13.5. The molecule has 0 saturated heterocycles. The topological polar surface area (TPSA) is 79.7 Å². The molecular formula is C22H25ClF3N7. The van der Waals surface area contributed by atoms with Gasteiger partial charge in [-0.05, 0) is 25.5 Å². The van der Waals surface area contributed by atoms with Gasteiger partial charge in [0.25, 0.3) is 0 Å². The number of aryl methyl sites for hydroxylation is 1. The normalized spacial score (nSPS) is 13.8. The van der Waals surface area contributed by atoms with Gasteiger partial charge in [0.15, 0.2) is 0 Å². The molecule has 4 rings (SSSR count). The summed E-state index contributed by atoms with van der Waals surface area (Å²) in [6, 6.07) is 2.38. The number of hydrogen-bond donors (Lipinski definition) is 1. The molecule has 11 heteroatoms. The molecule has 3 aromatic heterocycles. The third kappa shape index (κ3) is 5.50. The van der Waals surface area contributed by atoms with E-state index in [-0.39, 0.29) is 24.1 Å². The summed E-state index contributed by atoms with van der Waals surface area (Å²) in [5, 5.41) is 3.23. The number of aromatic nitrogens is 5. The lowest BCUT2D eigenvalue weighted by Gasteiger charge is -2.24. The first-order chi connectivity index (χ1) is 15.2. The predicted molar refractivity (Wildman–Crippen MR) is 122 cm³/mol. The van der Waals surface area contributed by atoms with E-state index in [0.29, 0.717) is 43.4 Å². The Balaban J connectivity index is 0.00000306. The van der Waals surface area contributed by atoms with Gasteiger partial charge < -0.3 is 10.2 Å². The SMILES string of the molecule is Cc1cnc(Nc2nc(C(C)C)nc3c2CCN(c2ncccc2C(F)(F)F)CC3)cn1.Cl. The summed E-state index contributed by atoms with van der Waals surface area (Å²) < 4.78 is 40.6. The number of anilines is 3. The van der Waals surface area contributed by atoms with E-state index in [2.05, 4.69) is 20.3 Å². The Morgan fingerprint density at radius 3 is 2.45 bits per heavy atom. The Bertz CT molecular complexity index is 1100. The van der Waals surface area contributed by atoms with Crippen LogP contribution in [-0.2, 0) is 19.0 Å². The zero-order valence-electron chi connectivity index (χ0n) is 18.5. The third-order valence-electron chi connectivity index (χ3n) is 5.30. The standard InChI is InChI=1S/C22H24F3N7.ClH/c1-13(2)19-29-17-7-10-32(21-16(22(23,24)25)5-4-8-26-21)9-6-15(17)20(31-19)30-18-12-27-14(3)11-28-18;/h4-5,8,11-13H,6-7,9-10H2,1-3H3,(H,28,29,30,31);1H. The summed E-state index contributed by atoms with van der Waals surface area (Å²) in [6.45, 7) is 6.61. The average Bonchev–Trinajstić information content (AvgIpc) is 2.97. The van der Waals surface area contributed by atoms with Gasteiger partial charge in [-0.3, -0.25) is 4.98 Å². The molecule has 0 aromatic carbocycles. The molecule has 33 heavy (non-hydrogen) atoms. The van der Waals surface area contributed by atoms with Gasteiger partial charge in [0.2, 0.25) is 0 Å². The minimum Gasteiger partial charge on any atom is -0.355 e. The minimum absolute atomic E-state index is 0. The molecule has 1 aliphatic rings. The van der Waals surface area contributed by atoms with Gasteiger partial charge in [0, 0.05) is 37.2 Å². The van der Waals surface area contributed by atoms with Crippen LogP contribution in [0.25, 0.3) is 0 Å². The van der Waals surface area contributed by atoms with Gasteiger partial charge >= 0.3 is 6.18 Å². The van der Waals surface area contributed by atoms with Gasteiger partial charge in [-0.1, -0.05) is 13.8 Å². The van der Waals surface area contributed by atoms with Gasteiger partial charge in [0.05, 0.1) is 29.3 Å². The van der Waals surface area contributed by atoms with Crippen molar-refractivity contribution in [1.82, 2.24) is 24.9 Å². The van der Waals surface area contributed by atoms with E-state index in [9.17, 15) is 13.2 Å². The second kappa shape index (κ2) is 9.86. The number of hydrogen-bond acceptors (Lipinski definition) is 7. The molecule has 1 aliphatic heterocycles. The summed E-state index contributed by atoms with van der Waals surface area (Å²) in [7, 11) is 0. The number of pyridine rings is 1. The van der Waals surface area contributed by atoms with E-state index in [1.54, 1.807) is 17.3 Å². The Kier molecular flexibility index (Phi) is 7.36. The van der Waals surface area contributed by atoms with Crippen molar-refractivity contribution in [3.63, 3.8) is 0 Å². The molecule has 0 fully saturated rings. The van der Waals surface area contributed by atoms with Crippen molar-refractivity contribution >= 4 is 29.9 Å². The molecule has 0 saturated carbocycles. The van der Waals surface area contributed by atoms with Crippen LogP contribution in [-0.4, -0.2) is 38.0 Å². The maximum Gasteiger partial charge on any atom is 0.419 e. The fourth-order valence-corrected chi connectivity index (χ4v) is 3.64. The highest BCUT2D eigenvalue weighted by Crippen LogP contribution is 2.36. The van der Waals surface area contributed by atoms with Crippen LogP contribution < -0.4 is 10.2 Å². The smallest absolute Gasteiger partial charge is 0.355 e. The summed E-state index contributed by atoms with van der Waals surface area (Å²) in [5.74, 6) is 1.89. The average molecular weight is 480 g/mol. The number of halogens is 4. The van der Waals surface area contributed by atoms with E-state index in [1.165, 1.54) is 12.3 Å². The molecule has 3 aromatic rings. The molecule has 0 unspecified atom stereocenters. The van der Waals surface area contributed by atoms with E-state index in [0.717, 1.165) is 23.0 Å². The van der Waals surface area contributed by atoms with Crippen molar-refractivity contribution < 1.29 is 13.2 Å². The van der Waals surface area contributed by atoms with E-state index in [1.807, 2.05) is 20.8 Å². The van der Waals surface area contributed by atoms with E-state index >= 15 is 0 Å². The van der Waals surface area contributed by atoms with Crippen molar-refractivity contribution in [2.75, 3.05) is 23.3 Å². The van der Waals surface area contributed by atoms with Gasteiger partial charge in [-0.15, -0.1) is 12.4 Å². The molecular weight excluding hydrogens is 455 g/mol. The largest absolute Gasteiger partial charge is 0.419 e. The van der Waals surface area contributed by atoms with E-state index in [4.69, 9.17) is 9.97 Å². The molecule has 0 bridgehead atoms. The van der Waals surface area contributed by atoms with Crippen molar-refractivity contribution in [2.45, 2.75) is 45.7 Å². The van der Waals surface area contributed by atoms with Gasteiger partial charge in [0.1, 0.15) is 23.3 Å². The van der Waals surface area contributed by atoms with Crippen LogP contribution in [0.15, 0.2) is 30.7 Å². The first kappa shape index (κ1) is 24.6. The Morgan fingerprint density at radius 2 is 1.79 bits per heavy atom. The van der Waals surface area contributed by atoms with Crippen molar-refractivity contribution in [2.24, 2.45) is 0 Å². The summed E-state index contributed by atoms with van der Waals surface area (Å²) in [4.78, 5) is 23.8. The van der Waals surface area contributed by atoms with Crippen molar-refractivity contribution in [1.29, 1.82) is 0 Å². The molecule has 0 radical (unpaired) electrons. The van der Waals surface area contributed by atoms with E-state index < -0.39 is 11.7 Å². The first-order valence-corrected chi connectivity index (χ1v) is 10.4. The van der Waals surface area contributed by atoms with Crippen LogP contribution in [0.3, 0.4) is 0 Å². The van der Waals surface area contributed by atoms with Crippen LogP contribution in [0, 0.1) is 6.92 Å². The molecule has 176 valence electrons. The highest BCUT2D eigenvalue weighted by atomic mass is 35.5. The molecule has 0 amide bonds. The minimum atomic E-state index is -4.47. The molecule has 4 heterocycles. The number of alkyl halides is 3. The Morgan fingerprint density at radius 1 is 1.03 bits per heavy atom. The Hall–Kier alpha value is -3.01. The monoisotopic (exact) mass is 479 g/mol. The number of fused-ring (bicyclic) bond motifs is 1. The predicted octanol–water partition coefficient (Wildman–Crippen LogP) is 4.88. The highest BCUT2D eigenvalue weighted by Gasteiger charge is 2.36. The van der Waals surface area contributed by atoms with Crippen LogP contribution in [0.2, 0.25) is 0 Å². The van der Waals surface area contributed by atoms with Gasteiger partial charge in [-0.25, -0.2) is 19.9 Å². The fourth-order valence-electron chi connectivity index (χ4n) is 3.64.